The number of hydrogen-bond acceptors (Lipinski definition) is 8. The van der Waals surface area contributed by atoms with Crippen molar-refractivity contribution in [3.63, 3.8) is 0 Å². The van der Waals surface area contributed by atoms with Gasteiger partial charge in [-0.25, -0.2) is 0 Å². The molecule has 6 fully saturated rings. The molecule has 7 aliphatic rings. The molecule has 194 valence electrons. The second-order valence-electron chi connectivity index (χ2n) is 12.4. The first kappa shape index (κ1) is 23.1. The van der Waals surface area contributed by atoms with E-state index in [0.29, 0.717) is 31.7 Å². The second-order valence-corrected chi connectivity index (χ2v) is 12.4. The summed E-state index contributed by atoms with van der Waals surface area (Å²) in [5.41, 5.74) is 0.755. The van der Waals surface area contributed by atoms with Crippen LogP contribution in [0.25, 0.3) is 0 Å². The molecule has 0 N–H and O–H groups in total. The zero-order valence-electron chi connectivity index (χ0n) is 21.1. The van der Waals surface area contributed by atoms with Crippen molar-refractivity contribution in [2.45, 2.75) is 89.0 Å². The summed E-state index contributed by atoms with van der Waals surface area (Å²) in [6, 6.07) is 0. The van der Waals surface area contributed by atoms with Crippen LogP contribution in [-0.2, 0) is 38.0 Å². The minimum absolute atomic E-state index is 0.0522. The van der Waals surface area contributed by atoms with Gasteiger partial charge in [0.25, 0.3) is 0 Å². The number of esters is 1. The van der Waals surface area contributed by atoms with E-state index in [-0.39, 0.29) is 42.4 Å². The molecule has 7 rings (SSSR count). The average molecular weight is 491 g/mol. The second kappa shape index (κ2) is 7.51. The van der Waals surface area contributed by atoms with Crippen LogP contribution < -0.4 is 0 Å². The van der Waals surface area contributed by atoms with Gasteiger partial charge in [-0.2, -0.15) is 0 Å². The van der Waals surface area contributed by atoms with E-state index >= 15 is 0 Å². The molecule has 3 aliphatic heterocycles. The molecule has 4 aliphatic carbocycles. The van der Waals surface area contributed by atoms with Gasteiger partial charge in [0, 0.05) is 31.1 Å². The van der Waals surface area contributed by atoms with Gasteiger partial charge >= 0.3 is 5.97 Å². The molecular formula is C27H38O8. The smallest absolute Gasteiger partial charge is 0.302 e. The van der Waals surface area contributed by atoms with Crippen LogP contribution >= 0.6 is 0 Å². The molecule has 0 aromatic carbocycles. The van der Waals surface area contributed by atoms with Crippen molar-refractivity contribution in [2.75, 3.05) is 33.4 Å². The predicted octanol–water partition coefficient (Wildman–Crippen LogP) is 3.68. The minimum Gasteiger partial charge on any atom is -0.462 e. The Morgan fingerprint density at radius 1 is 1.03 bits per heavy atom. The lowest BCUT2D eigenvalue weighted by atomic mass is 9.47. The number of carbonyl (C=O) groups is 1. The van der Waals surface area contributed by atoms with E-state index in [1.807, 2.05) is 0 Å². The molecule has 3 heterocycles. The van der Waals surface area contributed by atoms with Crippen LogP contribution in [-0.4, -0.2) is 62.7 Å². The third kappa shape index (κ3) is 2.87. The molecule has 35 heavy (non-hydrogen) atoms. The largest absolute Gasteiger partial charge is 0.462 e. The first-order valence-corrected chi connectivity index (χ1v) is 13.4. The maximum absolute atomic E-state index is 12.3. The highest BCUT2D eigenvalue weighted by Crippen LogP contribution is 2.71. The SMILES string of the molecule is CC(=O)O[C@@H]1C[C@@H]2CC3(CC[C@]2(C)C2=CC[C@@]4(C)C(CC[C@@]45OCOC54COCO4)C21)OCCO3. The van der Waals surface area contributed by atoms with Crippen molar-refractivity contribution in [2.24, 2.45) is 28.6 Å². The van der Waals surface area contributed by atoms with Gasteiger partial charge < -0.3 is 33.2 Å². The molecule has 8 atom stereocenters. The minimum atomic E-state index is -0.853. The van der Waals surface area contributed by atoms with Crippen LogP contribution in [0.15, 0.2) is 11.6 Å². The Bertz CT molecular complexity index is 930. The van der Waals surface area contributed by atoms with Crippen molar-refractivity contribution in [3.05, 3.63) is 11.6 Å². The zero-order chi connectivity index (χ0) is 24.1. The van der Waals surface area contributed by atoms with Gasteiger partial charge in [0.15, 0.2) is 19.4 Å². The lowest BCUT2D eigenvalue weighted by molar-refractivity contribution is -0.245. The normalized spacial score (nSPS) is 51.9. The summed E-state index contributed by atoms with van der Waals surface area (Å²) in [6.07, 6.45) is 8.70. The van der Waals surface area contributed by atoms with Gasteiger partial charge in [0.2, 0.25) is 5.79 Å². The van der Waals surface area contributed by atoms with E-state index in [2.05, 4.69) is 19.9 Å². The van der Waals surface area contributed by atoms with E-state index in [9.17, 15) is 4.79 Å². The Balaban J connectivity index is 1.29. The maximum atomic E-state index is 12.3. The number of rotatable bonds is 1. The predicted molar refractivity (Wildman–Crippen MR) is 122 cm³/mol. The molecule has 8 nitrogen and oxygen atoms in total. The van der Waals surface area contributed by atoms with Crippen LogP contribution in [0.3, 0.4) is 0 Å². The fraction of sp³-hybridized carbons (Fsp3) is 0.889. The van der Waals surface area contributed by atoms with Crippen LogP contribution in [0, 0.1) is 28.6 Å². The van der Waals surface area contributed by atoms with Crippen LogP contribution in [0.2, 0.25) is 0 Å². The van der Waals surface area contributed by atoms with E-state index in [1.165, 1.54) is 12.5 Å². The Morgan fingerprint density at radius 2 is 1.83 bits per heavy atom. The Hall–Kier alpha value is -1.03. The first-order valence-electron chi connectivity index (χ1n) is 13.4. The summed E-state index contributed by atoms with van der Waals surface area (Å²) in [5, 5.41) is 0. The molecular weight excluding hydrogens is 452 g/mol. The lowest BCUT2D eigenvalue weighted by Crippen LogP contribution is -2.64. The van der Waals surface area contributed by atoms with E-state index in [0.717, 1.165) is 44.9 Å². The van der Waals surface area contributed by atoms with Gasteiger partial charge in [0.1, 0.15) is 18.3 Å². The molecule has 3 saturated heterocycles. The van der Waals surface area contributed by atoms with E-state index in [4.69, 9.17) is 33.2 Å². The maximum Gasteiger partial charge on any atom is 0.302 e. The Kier molecular flexibility index (Phi) is 4.96. The fourth-order valence-corrected chi connectivity index (χ4v) is 9.49. The Labute approximate surface area is 206 Å². The number of fused-ring (bicyclic) bond motifs is 7. The molecule has 0 aromatic rings. The summed E-state index contributed by atoms with van der Waals surface area (Å²) in [6.45, 7) is 8.49. The van der Waals surface area contributed by atoms with Gasteiger partial charge in [-0.15, -0.1) is 0 Å². The zero-order valence-corrected chi connectivity index (χ0v) is 21.1. The fourth-order valence-electron chi connectivity index (χ4n) is 9.49. The topological polar surface area (TPSA) is 81.7 Å². The summed E-state index contributed by atoms with van der Waals surface area (Å²) in [5.74, 6) is -0.691. The van der Waals surface area contributed by atoms with Gasteiger partial charge in [-0.1, -0.05) is 25.5 Å². The van der Waals surface area contributed by atoms with Gasteiger partial charge in [-0.05, 0) is 49.4 Å². The highest BCUT2D eigenvalue weighted by Gasteiger charge is 2.76. The standard InChI is InChI=1S/C27H38O8/c1-17(28)35-21-12-18-13-25(30-10-11-31-25)9-8-23(18,2)19-4-6-24(3)20(22(19)21)5-7-26(24)27(34-16-32-26)14-29-15-33-27/h4,18,20-22H,5-16H2,1-3H3/t18-,20?,21-,22?,23+,24+,26-,27?/m1/s1. The molecule has 0 amide bonds. The van der Waals surface area contributed by atoms with Crippen LogP contribution in [0.1, 0.15) is 65.7 Å². The highest BCUT2D eigenvalue weighted by atomic mass is 16.9. The first-order chi connectivity index (χ1) is 16.8. The third-order valence-electron chi connectivity index (χ3n) is 11.2. The summed E-state index contributed by atoms with van der Waals surface area (Å²) >= 11 is 0. The Morgan fingerprint density at radius 3 is 2.57 bits per heavy atom. The van der Waals surface area contributed by atoms with Crippen LogP contribution in [0.5, 0.6) is 0 Å². The molecule has 3 unspecified atom stereocenters. The molecule has 0 aromatic heterocycles. The van der Waals surface area contributed by atoms with Gasteiger partial charge in [0.05, 0.1) is 13.2 Å². The van der Waals surface area contributed by atoms with Crippen molar-refractivity contribution >= 4 is 5.97 Å². The molecule has 3 saturated carbocycles. The molecule has 3 spiro atoms. The van der Waals surface area contributed by atoms with Crippen molar-refractivity contribution in [3.8, 4) is 0 Å². The average Bonchev–Trinajstić information content (AvgIpc) is 3.60. The third-order valence-corrected chi connectivity index (χ3v) is 11.2. The number of ether oxygens (including phenoxy) is 7. The lowest BCUT2D eigenvalue weighted by Gasteiger charge is -2.60. The quantitative estimate of drug-likeness (QED) is 0.407. The van der Waals surface area contributed by atoms with Crippen LogP contribution in [0.4, 0.5) is 0 Å². The molecule has 0 radical (unpaired) electrons. The summed E-state index contributed by atoms with van der Waals surface area (Å²) in [4.78, 5) is 12.3. The van der Waals surface area contributed by atoms with Gasteiger partial charge in [-0.3, -0.25) is 4.79 Å². The number of carbonyl (C=O) groups excluding carboxylic acids is 1. The molecule has 8 heteroatoms. The van der Waals surface area contributed by atoms with E-state index in [1.54, 1.807) is 0 Å². The summed E-state index contributed by atoms with van der Waals surface area (Å²) in [7, 11) is 0. The molecule has 0 bridgehead atoms. The number of hydrogen-bond donors (Lipinski definition) is 0. The summed E-state index contributed by atoms with van der Waals surface area (Å²) < 4.78 is 42.8. The van der Waals surface area contributed by atoms with E-state index < -0.39 is 17.2 Å². The van der Waals surface area contributed by atoms with Crippen molar-refractivity contribution < 1.29 is 38.0 Å². The monoisotopic (exact) mass is 490 g/mol. The van der Waals surface area contributed by atoms with Crippen molar-refractivity contribution in [1.82, 2.24) is 0 Å². The van der Waals surface area contributed by atoms with Crippen molar-refractivity contribution in [1.29, 1.82) is 0 Å². The highest BCUT2D eigenvalue weighted by molar-refractivity contribution is 5.66. The number of allylic oxidation sites excluding steroid dienone is 1.